The van der Waals surface area contributed by atoms with E-state index < -0.39 is 23.3 Å². The van der Waals surface area contributed by atoms with Gasteiger partial charge in [0.2, 0.25) is 0 Å². The summed E-state index contributed by atoms with van der Waals surface area (Å²) in [6, 6.07) is 2.99. The van der Waals surface area contributed by atoms with Gasteiger partial charge in [-0.05, 0) is 65.8 Å². The van der Waals surface area contributed by atoms with Gasteiger partial charge in [0.05, 0.1) is 0 Å². The number of hydrogen-bond donors (Lipinski definition) is 2. The average Bonchev–Trinajstić information content (AvgIpc) is 2.38. The third-order valence-electron chi connectivity index (χ3n) is 3.22. The number of carbonyl (C=O) groups is 1. The third kappa shape index (κ3) is 7.41. The van der Waals surface area contributed by atoms with Crippen molar-refractivity contribution in [3.8, 4) is 0 Å². The maximum atomic E-state index is 13.7. The van der Waals surface area contributed by atoms with E-state index in [1.165, 1.54) is 6.07 Å². The second-order valence-corrected chi connectivity index (χ2v) is 6.68. The Bertz CT molecular complexity index is 530. The zero-order chi connectivity index (χ0) is 17.6. The highest BCUT2D eigenvalue weighted by atomic mass is 19.1. The van der Waals surface area contributed by atoms with E-state index in [2.05, 4.69) is 10.6 Å². The smallest absolute Gasteiger partial charge is 0.407 e. The third-order valence-corrected chi connectivity index (χ3v) is 3.22. The van der Waals surface area contributed by atoms with E-state index in [1.54, 1.807) is 27.7 Å². The highest BCUT2D eigenvalue weighted by Crippen LogP contribution is 2.17. The van der Waals surface area contributed by atoms with Crippen molar-refractivity contribution in [2.75, 3.05) is 6.54 Å². The van der Waals surface area contributed by atoms with Gasteiger partial charge in [0, 0.05) is 17.6 Å². The highest BCUT2D eigenvalue weighted by Gasteiger charge is 2.18. The molecule has 2 atom stereocenters. The molecular weight excluding hydrogens is 302 g/mol. The first kappa shape index (κ1) is 19.4. The number of alkyl carbamates (subject to hydrolysis) is 1. The number of benzene rings is 1. The van der Waals surface area contributed by atoms with Crippen LogP contribution in [0.5, 0.6) is 0 Å². The lowest BCUT2D eigenvalue weighted by atomic mass is 10.1. The van der Waals surface area contributed by atoms with Gasteiger partial charge in [-0.2, -0.15) is 0 Å². The van der Waals surface area contributed by atoms with E-state index in [0.29, 0.717) is 13.0 Å². The first-order valence-electron chi connectivity index (χ1n) is 7.76. The molecule has 0 saturated heterocycles. The Balaban J connectivity index is 2.38. The number of amides is 1. The molecule has 0 heterocycles. The predicted octanol–water partition coefficient (Wildman–Crippen LogP) is 3.92. The largest absolute Gasteiger partial charge is 0.444 e. The van der Waals surface area contributed by atoms with Gasteiger partial charge in [0.15, 0.2) is 0 Å². The molecule has 130 valence electrons. The summed E-state index contributed by atoms with van der Waals surface area (Å²) in [5, 5.41) is 5.86. The zero-order valence-corrected chi connectivity index (χ0v) is 14.4. The van der Waals surface area contributed by atoms with Crippen molar-refractivity contribution in [1.82, 2.24) is 10.6 Å². The van der Waals surface area contributed by atoms with Crippen LogP contribution >= 0.6 is 0 Å². The zero-order valence-electron chi connectivity index (χ0n) is 14.4. The molecule has 0 radical (unpaired) electrons. The second-order valence-electron chi connectivity index (χ2n) is 6.68. The van der Waals surface area contributed by atoms with Gasteiger partial charge < -0.3 is 15.4 Å². The summed E-state index contributed by atoms with van der Waals surface area (Å²) >= 11 is 0. The summed E-state index contributed by atoms with van der Waals surface area (Å²) in [5.41, 5.74) is -0.247. The molecule has 0 aromatic heterocycles. The lowest BCUT2D eigenvalue weighted by Gasteiger charge is -2.22. The Morgan fingerprint density at radius 3 is 2.52 bits per heavy atom. The van der Waals surface area contributed by atoms with Crippen molar-refractivity contribution < 1.29 is 18.3 Å². The Kier molecular flexibility index (Phi) is 6.94. The summed E-state index contributed by atoms with van der Waals surface area (Å²) in [6.45, 7) is 9.58. The second kappa shape index (κ2) is 8.24. The molecule has 1 aromatic carbocycles. The van der Waals surface area contributed by atoms with Crippen molar-refractivity contribution >= 4 is 6.09 Å². The van der Waals surface area contributed by atoms with E-state index in [-0.39, 0.29) is 17.6 Å². The van der Waals surface area contributed by atoms with Crippen molar-refractivity contribution in [2.24, 2.45) is 0 Å². The lowest BCUT2D eigenvalue weighted by Crippen LogP contribution is -2.39. The molecule has 6 heteroatoms. The van der Waals surface area contributed by atoms with Crippen LogP contribution in [0.15, 0.2) is 18.2 Å². The molecular formula is C17H26F2N2O2. The molecule has 0 saturated carbocycles. The highest BCUT2D eigenvalue weighted by molar-refractivity contribution is 5.67. The molecule has 0 aliphatic heterocycles. The molecule has 1 amide bonds. The fourth-order valence-electron chi connectivity index (χ4n) is 2.05. The number of rotatable bonds is 6. The van der Waals surface area contributed by atoms with Gasteiger partial charge in [-0.1, -0.05) is 0 Å². The number of carbonyl (C=O) groups excluding carboxylic acids is 1. The van der Waals surface area contributed by atoms with Crippen LogP contribution in [0.4, 0.5) is 13.6 Å². The standard InChI is InChI=1S/C17H26F2N2O2/c1-11(21-16(22)23-17(3,4)5)8-9-20-12(2)14-10-13(18)6-7-15(14)19/h6-7,10-12,20H,8-9H2,1-5H3,(H,21,22). The van der Waals surface area contributed by atoms with Crippen molar-refractivity contribution in [3.05, 3.63) is 35.4 Å². The van der Waals surface area contributed by atoms with Crippen LogP contribution in [0, 0.1) is 11.6 Å². The molecule has 1 rings (SSSR count). The quantitative estimate of drug-likeness (QED) is 0.832. The van der Waals surface area contributed by atoms with Crippen LogP contribution in [0.2, 0.25) is 0 Å². The summed E-state index contributed by atoms with van der Waals surface area (Å²) in [5.74, 6) is -0.902. The molecule has 1 aromatic rings. The minimum atomic E-state index is -0.536. The SMILES string of the molecule is CC(CCNC(C)c1cc(F)ccc1F)NC(=O)OC(C)(C)C. The molecule has 0 bridgehead atoms. The van der Waals surface area contributed by atoms with Gasteiger partial charge in [0.25, 0.3) is 0 Å². The van der Waals surface area contributed by atoms with E-state index in [0.717, 1.165) is 12.1 Å². The molecule has 0 aliphatic carbocycles. The van der Waals surface area contributed by atoms with Crippen LogP contribution in [0.25, 0.3) is 0 Å². The van der Waals surface area contributed by atoms with Gasteiger partial charge in [-0.3, -0.25) is 0 Å². The molecule has 4 nitrogen and oxygen atoms in total. The number of ether oxygens (including phenoxy) is 1. The Morgan fingerprint density at radius 2 is 1.91 bits per heavy atom. The van der Waals surface area contributed by atoms with Crippen molar-refractivity contribution in [1.29, 1.82) is 0 Å². The van der Waals surface area contributed by atoms with Crippen LogP contribution < -0.4 is 10.6 Å². The van der Waals surface area contributed by atoms with Gasteiger partial charge in [-0.15, -0.1) is 0 Å². The molecule has 0 aliphatic rings. The Labute approximate surface area is 136 Å². The molecule has 23 heavy (non-hydrogen) atoms. The fraction of sp³-hybridized carbons (Fsp3) is 0.588. The van der Waals surface area contributed by atoms with Gasteiger partial charge >= 0.3 is 6.09 Å². The van der Waals surface area contributed by atoms with E-state index >= 15 is 0 Å². The van der Waals surface area contributed by atoms with Crippen LogP contribution in [0.1, 0.15) is 52.6 Å². The summed E-state index contributed by atoms with van der Waals surface area (Å²) in [4.78, 5) is 11.6. The maximum absolute atomic E-state index is 13.7. The van der Waals surface area contributed by atoms with Crippen molar-refractivity contribution in [3.63, 3.8) is 0 Å². The minimum Gasteiger partial charge on any atom is -0.444 e. The monoisotopic (exact) mass is 328 g/mol. The number of nitrogens with one attached hydrogen (secondary N) is 2. The fourth-order valence-corrected chi connectivity index (χ4v) is 2.05. The first-order chi connectivity index (χ1) is 10.6. The summed E-state index contributed by atoms with van der Waals surface area (Å²) in [6.07, 6.45) is 0.176. The van der Waals surface area contributed by atoms with Crippen LogP contribution in [-0.2, 0) is 4.74 Å². The minimum absolute atomic E-state index is 0.0955. The Morgan fingerprint density at radius 1 is 1.26 bits per heavy atom. The van der Waals surface area contributed by atoms with Crippen LogP contribution in [0.3, 0.4) is 0 Å². The van der Waals surface area contributed by atoms with Gasteiger partial charge in [0.1, 0.15) is 17.2 Å². The topological polar surface area (TPSA) is 50.4 Å². The molecule has 2 unspecified atom stereocenters. The molecule has 0 spiro atoms. The van der Waals surface area contributed by atoms with Crippen molar-refractivity contribution in [2.45, 2.75) is 58.7 Å². The number of halogens is 2. The van der Waals surface area contributed by atoms with Gasteiger partial charge in [-0.25, -0.2) is 13.6 Å². The van der Waals surface area contributed by atoms with E-state index in [9.17, 15) is 13.6 Å². The first-order valence-corrected chi connectivity index (χ1v) is 7.76. The summed E-state index contributed by atoms with van der Waals surface area (Å²) in [7, 11) is 0. The molecule has 2 N–H and O–H groups in total. The summed E-state index contributed by atoms with van der Waals surface area (Å²) < 4.78 is 32.0. The molecule has 0 fully saturated rings. The number of hydrogen-bond acceptors (Lipinski definition) is 3. The Hall–Kier alpha value is -1.69. The predicted molar refractivity (Wildman–Crippen MR) is 86.2 cm³/mol. The van der Waals surface area contributed by atoms with E-state index in [4.69, 9.17) is 4.74 Å². The van der Waals surface area contributed by atoms with E-state index in [1.807, 2.05) is 6.92 Å². The average molecular weight is 328 g/mol. The lowest BCUT2D eigenvalue weighted by molar-refractivity contribution is 0.0506. The van der Waals surface area contributed by atoms with Crippen LogP contribution in [-0.4, -0.2) is 24.3 Å². The normalized spacial score (nSPS) is 14.2. The maximum Gasteiger partial charge on any atom is 0.407 e.